The van der Waals surface area contributed by atoms with Gasteiger partial charge in [-0.2, -0.15) is 0 Å². The Hall–Kier alpha value is -1.02. The molecule has 1 fully saturated rings. The zero-order chi connectivity index (χ0) is 11.9. The van der Waals surface area contributed by atoms with Crippen molar-refractivity contribution in [2.24, 2.45) is 5.92 Å². The first-order valence-electron chi connectivity index (χ1n) is 6.78. The zero-order valence-electron chi connectivity index (χ0n) is 10.8. The van der Waals surface area contributed by atoms with E-state index in [0.717, 1.165) is 18.3 Å². The Labute approximate surface area is 105 Å². The maximum absolute atomic E-state index is 5.75. The van der Waals surface area contributed by atoms with Crippen LogP contribution in [0.3, 0.4) is 0 Å². The van der Waals surface area contributed by atoms with E-state index in [1.54, 1.807) is 0 Å². The summed E-state index contributed by atoms with van der Waals surface area (Å²) in [7, 11) is 0. The van der Waals surface area contributed by atoms with Crippen molar-refractivity contribution in [2.75, 3.05) is 26.2 Å². The smallest absolute Gasteiger partial charge is 0.119 e. The summed E-state index contributed by atoms with van der Waals surface area (Å²) in [5.74, 6) is 1.86. The minimum absolute atomic E-state index is 0.862. The second-order valence-electron chi connectivity index (χ2n) is 4.83. The monoisotopic (exact) mass is 233 g/mol. The molecule has 0 spiro atoms. The highest BCUT2D eigenvalue weighted by atomic mass is 16.5. The van der Waals surface area contributed by atoms with Crippen LogP contribution in [0.1, 0.15) is 26.2 Å². The number of likely N-dealkylation sites (tertiary alicyclic amines) is 1. The fraction of sp³-hybridized carbons (Fsp3) is 0.600. The molecular weight excluding hydrogens is 210 g/mol. The molecule has 17 heavy (non-hydrogen) atoms. The second kappa shape index (κ2) is 6.65. The summed E-state index contributed by atoms with van der Waals surface area (Å²) in [5.41, 5.74) is 0. The quantitative estimate of drug-likeness (QED) is 0.774. The lowest BCUT2D eigenvalue weighted by atomic mass is 9.94. The molecule has 1 saturated heterocycles. The largest absolute Gasteiger partial charge is 0.494 e. The zero-order valence-corrected chi connectivity index (χ0v) is 10.8. The Morgan fingerprint density at radius 3 is 2.53 bits per heavy atom. The molecule has 0 unspecified atom stereocenters. The molecule has 2 heteroatoms. The van der Waals surface area contributed by atoms with Gasteiger partial charge in [0.15, 0.2) is 0 Å². The van der Waals surface area contributed by atoms with Gasteiger partial charge in [-0.3, -0.25) is 0 Å². The fourth-order valence-corrected chi connectivity index (χ4v) is 2.45. The number of nitrogens with zero attached hydrogens (tertiary/aromatic N) is 1. The maximum Gasteiger partial charge on any atom is 0.119 e. The van der Waals surface area contributed by atoms with Crippen molar-refractivity contribution >= 4 is 0 Å². The highest BCUT2D eigenvalue weighted by molar-refractivity contribution is 5.20. The molecule has 94 valence electrons. The number of rotatable bonds is 5. The second-order valence-corrected chi connectivity index (χ2v) is 4.83. The van der Waals surface area contributed by atoms with Gasteiger partial charge < -0.3 is 9.64 Å². The molecule has 1 aromatic carbocycles. The molecule has 0 radical (unpaired) electrons. The van der Waals surface area contributed by atoms with Crippen LogP contribution in [-0.2, 0) is 0 Å². The van der Waals surface area contributed by atoms with Crippen LogP contribution in [0.25, 0.3) is 0 Å². The third kappa shape index (κ3) is 4.04. The van der Waals surface area contributed by atoms with E-state index < -0.39 is 0 Å². The molecule has 0 aromatic heterocycles. The predicted octanol–water partition coefficient (Wildman–Crippen LogP) is 3.19. The lowest BCUT2D eigenvalue weighted by molar-refractivity contribution is 0.169. The van der Waals surface area contributed by atoms with Crippen LogP contribution in [0.4, 0.5) is 0 Å². The van der Waals surface area contributed by atoms with Gasteiger partial charge >= 0.3 is 0 Å². The van der Waals surface area contributed by atoms with E-state index in [1.165, 1.54) is 38.9 Å². The van der Waals surface area contributed by atoms with Crippen LogP contribution < -0.4 is 4.74 Å². The summed E-state index contributed by atoms with van der Waals surface area (Å²) in [6.45, 7) is 6.85. The SMILES string of the molecule is CCN1CCC(CCOc2ccccc2)CC1. The molecule has 1 aromatic rings. The first-order valence-corrected chi connectivity index (χ1v) is 6.78. The summed E-state index contributed by atoms with van der Waals surface area (Å²) in [6.07, 6.45) is 3.88. The van der Waals surface area contributed by atoms with Crippen LogP contribution >= 0.6 is 0 Å². The summed E-state index contributed by atoms with van der Waals surface area (Å²) in [6, 6.07) is 10.1. The van der Waals surface area contributed by atoms with Crippen molar-refractivity contribution in [3.63, 3.8) is 0 Å². The molecule has 0 aliphatic carbocycles. The van der Waals surface area contributed by atoms with E-state index in [4.69, 9.17) is 4.74 Å². The third-order valence-electron chi connectivity index (χ3n) is 3.69. The molecule has 0 atom stereocenters. The number of benzene rings is 1. The topological polar surface area (TPSA) is 12.5 Å². The molecule has 1 heterocycles. The van der Waals surface area contributed by atoms with Crippen LogP contribution in [0.5, 0.6) is 5.75 Å². The van der Waals surface area contributed by atoms with Gasteiger partial charge in [-0.25, -0.2) is 0 Å². The number of hydrogen-bond acceptors (Lipinski definition) is 2. The lowest BCUT2D eigenvalue weighted by Gasteiger charge is -2.30. The molecule has 0 saturated carbocycles. The Morgan fingerprint density at radius 1 is 1.18 bits per heavy atom. The minimum atomic E-state index is 0.862. The first kappa shape index (κ1) is 12.4. The normalized spacial score (nSPS) is 18.2. The van der Waals surface area contributed by atoms with Crippen molar-refractivity contribution in [1.82, 2.24) is 4.90 Å². The van der Waals surface area contributed by atoms with E-state index in [-0.39, 0.29) is 0 Å². The third-order valence-corrected chi connectivity index (χ3v) is 3.69. The highest BCUT2D eigenvalue weighted by Crippen LogP contribution is 2.20. The van der Waals surface area contributed by atoms with Gasteiger partial charge in [-0.1, -0.05) is 25.1 Å². The number of ether oxygens (including phenoxy) is 1. The molecular formula is C15H23NO. The van der Waals surface area contributed by atoms with Crippen molar-refractivity contribution in [3.05, 3.63) is 30.3 Å². The summed E-state index contributed by atoms with van der Waals surface area (Å²) < 4.78 is 5.75. The van der Waals surface area contributed by atoms with Crippen LogP contribution in [0.2, 0.25) is 0 Å². The van der Waals surface area contributed by atoms with Gasteiger partial charge in [-0.15, -0.1) is 0 Å². The van der Waals surface area contributed by atoms with Crippen LogP contribution in [0, 0.1) is 5.92 Å². The molecule has 2 nitrogen and oxygen atoms in total. The van der Waals surface area contributed by atoms with Gasteiger partial charge in [-0.05, 0) is 56.9 Å². The van der Waals surface area contributed by atoms with E-state index in [2.05, 4.69) is 11.8 Å². The number of hydrogen-bond donors (Lipinski definition) is 0. The van der Waals surface area contributed by atoms with Gasteiger partial charge in [0.2, 0.25) is 0 Å². The van der Waals surface area contributed by atoms with Crippen molar-refractivity contribution in [1.29, 1.82) is 0 Å². The highest BCUT2D eigenvalue weighted by Gasteiger charge is 2.17. The average Bonchev–Trinajstić information content (AvgIpc) is 2.41. The average molecular weight is 233 g/mol. The van der Waals surface area contributed by atoms with Gasteiger partial charge in [0.25, 0.3) is 0 Å². The molecule has 0 amide bonds. The molecule has 1 aliphatic rings. The summed E-state index contributed by atoms with van der Waals surface area (Å²) in [4.78, 5) is 2.54. The Bertz CT molecular complexity index is 304. The number of piperidine rings is 1. The van der Waals surface area contributed by atoms with Crippen LogP contribution in [-0.4, -0.2) is 31.1 Å². The van der Waals surface area contributed by atoms with Gasteiger partial charge in [0.05, 0.1) is 6.61 Å². The van der Waals surface area contributed by atoms with E-state index in [1.807, 2.05) is 30.3 Å². The van der Waals surface area contributed by atoms with Gasteiger partial charge in [0, 0.05) is 0 Å². The van der Waals surface area contributed by atoms with E-state index in [0.29, 0.717) is 0 Å². The molecule has 0 bridgehead atoms. The Kier molecular flexibility index (Phi) is 4.87. The minimum Gasteiger partial charge on any atom is -0.494 e. The first-order chi connectivity index (χ1) is 8.38. The van der Waals surface area contributed by atoms with Crippen LogP contribution in [0.15, 0.2) is 30.3 Å². The van der Waals surface area contributed by atoms with Gasteiger partial charge in [0.1, 0.15) is 5.75 Å². The maximum atomic E-state index is 5.75. The van der Waals surface area contributed by atoms with E-state index >= 15 is 0 Å². The predicted molar refractivity (Wildman–Crippen MR) is 71.4 cm³/mol. The van der Waals surface area contributed by atoms with Crippen molar-refractivity contribution in [3.8, 4) is 5.75 Å². The molecule has 2 rings (SSSR count). The summed E-state index contributed by atoms with van der Waals surface area (Å²) >= 11 is 0. The molecule has 1 aliphatic heterocycles. The summed E-state index contributed by atoms with van der Waals surface area (Å²) in [5, 5.41) is 0. The standard InChI is InChI=1S/C15H23NO/c1-2-16-11-8-14(9-12-16)10-13-17-15-6-4-3-5-7-15/h3-7,14H,2,8-13H2,1H3. The number of para-hydroxylation sites is 1. The fourth-order valence-electron chi connectivity index (χ4n) is 2.45. The van der Waals surface area contributed by atoms with Crippen molar-refractivity contribution < 1.29 is 4.74 Å². The Balaban J connectivity index is 1.63. The lowest BCUT2D eigenvalue weighted by Crippen LogP contribution is -2.33. The molecule has 0 N–H and O–H groups in total. The Morgan fingerprint density at radius 2 is 1.88 bits per heavy atom. The van der Waals surface area contributed by atoms with E-state index in [9.17, 15) is 0 Å². The van der Waals surface area contributed by atoms with Crippen molar-refractivity contribution in [2.45, 2.75) is 26.2 Å².